The number of hydrogen-bond donors (Lipinski definition) is 1. The molecule has 1 aromatic rings. The normalized spacial score (nSPS) is 13.1. The van der Waals surface area contributed by atoms with Crippen molar-refractivity contribution >= 4 is 17.3 Å². The van der Waals surface area contributed by atoms with Crippen molar-refractivity contribution in [3.8, 4) is 6.07 Å². The highest BCUT2D eigenvalue weighted by molar-refractivity contribution is 7.12. The molecular weight excluding hydrogens is 226 g/mol. The van der Waals surface area contributed by atoms with Gasteiger partial charge in [-0.05, 0) is 12.1 Å². The van der Waals surface area contributed by atoms with E-state index in [1.807, 2.05) is 6.07 Å². The van der Waals surface area contributed by atoms with Gasteiger partial charge >= 0.3 is 5.97 Å². The molecule has 0 aliphatic rings. The monoisotopic (exact) mass is 239 g/mol. The molecule has 0 aliphatic carbocycles. The molecule has 0 aromatic carbocycles. The van der Waals surface area contributed by atoms with E-state index >= 15 is 0 Å². The van der Waals surface area contributed by atoms with Gasteiger partial charge in [-0.1, -0.05) is 13.8 Å². The van der Waals surface area contributed by atoms with Crippen molar-refractivity contribution in [2.24, 2.45) is 0 Å². The number of nitriles is 1. The van der Waals surface area contributed by atoms with Crippen molar-refractivity contribution in [2.75, 3.05) is 7.11 Å². The molecule has 0 aliphatic heterocycles. The largest absolute Gasteiger partial charge is 0.479 e. The Morgan fingerprint density at radius 3 is 2.62 bits per heavy atom. The molecule has 1 N–H and O–H groups in total. The lowest BCUT2D eigenvalue weighted by Gasteiger charge is -2.29. The number of aliphatic carboxylic acids is 1. The first-order valence-corrected chi connectivity index (χ1v) is 5.51. The van der Waals surface area contributed by atoms with Gasteiger partial charge in [0.2, 0.25) is 0 Å². The van der Waals surface area contributed by atoms with Gasteiger partial charge in [0.05, 0.1) is 0 Å². The summed E-state index contributed by atoms with van der Waals surface area (Å²) in [4.78, 5) is 12.4. The van der Waals surface area contributed by atoms with Crippen LogP contribution in [0.4, 0.5) is 0 Å². The third kappa shape index (κ3) is 2.23. The molecule has 1 rings (SSSR count). The van der Waals surface area contributed by atoms with Crippen LogP contribution in [0.15, 0.2) is 12.1 Å². The van der Waals surface area contributed by atoms with Crippen molar-refractivity contribution in [1.29, 1.82) is 5.26 Å². The molecule has 0 saturated heterocycles. The molecule has 4 nitrogen and oxygen atoms in total. The van der Waals surface area contributed by atoms with Crippen LogP contribution in [0.3, 0.4) is 0 Å². The zero-order valence-electron chi connectivity index (χ0n) is 9.35. The molecule has 1 heterocycles. The zero-order valence-corrected chi connectivity index (χ0v) is 10.2. The second-order valence-corrected chi connectivity index (χ2v) is 5.04. The minimum Gasteiger partial charge on any atom is -0.479 e. The Hall–Kier alpha value is -1.38. The van der Waals surface area contributed by atoms with Crippen LogP contribution in [0.2, 0.25) is 0 Å². The number of ether oxygens (including phenoxy) is 1. The van der Waals surface area contributed by atoms with Crippen LogP contribution in [0.5, 0.6) is 0 Å². The van der Waals surface area contributed by atoms with Gasteiger partial charge in [-0.3, -0.25) is 0 Å². The number of thiophene rings is 1. The molecule has 0 amide bonds. The van der Waals surface area contributed by atoms with Gasteiger partial charge in [-0.2, -0.15) is 5.26 Å². The standard InChI is InChI=1S/C11H13NO3S/c1-11(2,9(15-3)10(13)14)8-5-4-7(6-12)16-8/h4-5,9H,1-3H3,(H,13,14). The number of rotatable bonds is 4. The van der Waals surface area contributed by atoms with Crippen LogP contribution in [-0.2, 0) is 14.9 Å². The highest BCUT2D eigenvalue weighted by Crippen LogP contribution is 2.34. The summed E-state index contributed by atoms with van der Waals surface area (Å²) in [6, 6.07) is 5.50. The first kappa shape index (κ1) is 12.7. The molecule has 5 heteroatoms. The van der Waals surface area contributed by atoms with E-state index in [0.717, 1.165) is 4.88 Å². The van der Waals surface area contributed by atoms with Crippen molar-refractivity contribution in [2.45, 2.75) is 25.4 Å². The van der Waals surface area contributed by atoms with E-state index in [1.54, 1.807) is 26.0 Å². The van der Waals surface area contributed by atoms with Crippen LogP contribution in [0.1, 0.15) is 23.6 Å². The number of nitrogens with zero attached hydrogens (tertiary/aromatic N) is 1. The fourth-order valence-electron chi connectivity index (χ4n) is 1.58. The van der Waals surface area contributed by atoms with Crippen molar-refractivity contribution in [3.63, 3.8) is 0 Å². The summed E-state index contributed by atoms with van der Waals surface area (Å²) in [5.41, 5.74) is -0.652. The molecule has 16 heavy (non-hydrogen) atoms. The predicted octanol–water partition coefficient (Wildman–Crippen LogP) is 2.00. The van der Waals surface area contributed by atoms with Crippen LogP contribution in [0, 0.1) is 11.3 Å². The third-order valence-corrected chi connectivity index (χ3v) is 3.80. The maximum atomic E-state index is 11.0. The average molecular weight is 239 g/mol. The minimum absolute atomic E-state index is 0.573. The van der Waals surface area contributed by atoms with Crippen LogP contribution < -0.4 is 0 Å². The highest BCUT2D eigenvalue weighted by Gasteiger charge is 2.38. The lowest BCUT2D eigenvalue weighted by atomic mass is 9.85. The molecule has 0 radical (unpaired) electrons. The maximum Gasteiger partial charge on any atom is 0.333 e. The van der Waals surface area contributed by atoms with E-state index in [-0.39, 0.29) is 0 Å². The van der Waals surface area contributed by atoms with Gasteiger partial charge < -0.3 is 9.84 Å². The molecule has 0 spiro atoms. The smallest absolute Gasteiger partial charge is 0.333 e. The molecular formula is C11H13NO3S. The Bertz CT molecular complexity index is 431. The van der Waals surface area contributed by atoms with Crippen LogP contribution in [0.25, 0.3) is 0 Å². The van der Waals surface area contributed by atoms with E-state index < -0.39 is 17.5 Å². The van der Waals surface area contributed by atoms with Gasteiger partial charge in [0.15, 0.2) is 6.10 Å². The topological polar surface area (TPSA) is 70.3 Å². The number of carbonyl (C=O) groups is 1. The van der Waals surface area contributed by atoms with Gasteiger partial charge in [0.25, 0.3) is 0 Å². The first-order chi connectivity index (χ1) is 7.43. The fourth-order valence-corrected chi connectivity index (χ4v) is 2.50. The number of carboxylic acids is 1. The SMILES string of the molecule is COC(C(=O)O)C(C)(C)c1ccc(C#N)s1. The molecule has 1 aromatic heterocycles. The lowest BCUT2D eigenvalue weighted by molar-refractivity contribution is -0.152. The summed E-state index contributed by atoms with van der Waals surface area (Å²) in [6.07, 6.45) is -0.919. The Labute approximate surface area is 98.1 Å². The Morgan fingerprint density at radius 2 is 2.25 bits per heavy atom. The molecule has 1 unspecified atom stereocenters. The molecule has 0 saturated carbocycles. The summed E-state index contributed by atoms with van der Waals surface area (Å²) >= 11 is 1.30. The fraction of sp³-hybridized carbons (Fsp3) is 0.455. The van der Waals surface area contributed by atoms with E-state index in [9.17, 15) is 4.79 Å². The Kier molecular flexibility index (Phi) is 3.68. The summed E-state index contributed by atoms with van der Waals surface area (Å²) in [5.74, 6) is -1.00. The second-order valence-electron chi connectivity index (χ2n) is 3.95. The Morgan fingerprint density at radius 1 is 1.62 bits per heavy atom. The van der Waals surface area contributed by atoms with E-state index in [1.165, 1.54) is 18.4 Å². The first-order valence-electron chi connectivity index (χ1n) is 4.69. The van der Waals surface area contributed by atoms with Gasteiger partial charge in [0.1, 0.15) is 10.9 Å². The summed E-state index contributed by atoms with van der Waals surface area (Å²) < 4.78 is 5.00. The summed E-state index contributed by atoms with van der Waals surface area (Å²) in [5, 5.41) is 17.8. The number of methoxy groups -OCH3 is 1. The summed E-state index contributed by atoms with van der Waals surface area (Å²) in [6.45, 7) is 3.59. The molecule has 0 fully saturated rings. The molecule has 1 atom stereocenters. The average Bonchev–Trinajstić information content (AvgIpc) is 2.66. The lowest BCUT2D eigenvalue weighted by Crippen LogP contribution is -2.40. The third-order valence-electron chi connectivity index (χ3n) is 2.47. The van der Waals surface area contributed by atoms with Crippen molar-refractivity contribution in [1.82, 2.24) is 0 Å². The number of hydrogen-bond acceptors (Lipinski definition) is 4. The van der Waals surface area contributed by atoms with E-state index in [0.29, 0.717) is 4.88 Å². The zero-order chi connectivity index (χ0) is 12.3. The van der Waals surface area contributed by atoms with Crippen LogP contribution in [-0.4, -0.2) is 24.3 Å². The number of carboxylic acid groups (broad SMARTS) is 1. The van der Waals surface area contributed by atoms with E-state index in [4.69, 9.17) is 15.1 Å². The minimum atomic E-state index is -1.00. The molecule has 0 bridgehead atoms. The van der Waals surface area contributed by atoms with Crippen LogP contribution >= 0.6 is 11.3 Å². The molecule has 86 valence electrons. The Balaban J connectivity index is 3.09. The predicted molar refractivity (Wildman–Crippen MR) is 60.5 cm³/mol. The van der Waals surface area contributed by atoms with Gasteiger partial charge in [-0.25, -0.2) is 4.79 Å². The van der Waals surface area contributed by atoms with Crippen molar-refractivity contribution < 1.29 is 14.6 Å². The van der Waals surface area contributed by atoms with Gasteiger partial charge in [-0.15, -0.1) is 11.3 Å². The van der Waals surface area contributed by atoms with Crippen molar-refractivity contribution in [3.05, 3.63) is 21.9 Å². The van der Waals surface area contributed by atoms with Gasteiger partial charge in [0, 0.05) is 17.4 Å². The quantitative estimate of drug-likeness (QED) is 0.872. The second kappa shape index (κ2) is 4.64. The summed E-state index contributed by atoms with van der Waals surface area (Å²) in [7, 11) is 1.37. The van der Waals surface area contributed by atoms with E-state index in [2.05, 4.69) is 0 Å². The highest BCUT2D eigenvalue weighted by atomic mass is 32.1. The maximum absolute atomic E-state index is 11.0.